The monoisotopic (exact) mass is 577 g/mol. The first kappa shape index (κ1) is 30.5. The zero-order chi connectivity index (χ0) is 30.0. The van der Waals surface area contributed by atoms with Crippen LogP contribution in [-0.4, -0.2) is 50.4 Å². The molecule has 1 aliphatic carbocycles. The maximum absolute atomic E-state index is 12.2. The fourth-order valence-corrected chi connectivity index (χ4v) is 6.04. The molecule has 0 heterocycles. The van der Waals surface area contributed by atoms with Crippen LogP contribution >= 0.6 is 0 Å². The van der Waals surface area contributed by atoms with Crippen LogP contribution in [0.1, 0.15) is 58.8 Å². The maximum Gasteiger partial charge on any atom is 0.335 e. The number of ether oxygens (including phenoxy) is 3. The van der Waals surface area contributed by atoms with Gasteiger partial charge in [-0.25, -0.2) is 4.79 Å². The third-order valence-electron chi connectivity index (χ3n) is 8.18. The van der Waals surface area contributed by atoms with E-state index in [9.17, 15) is 4.79 Å². The summed E-state index contributed by atoms with van der Waals surface area (Å²) in [5, 5.41) is 0. The fourth-order valence-electron chi connectivity index (χ4n) is 6.04. The number of hydrogen-bond donors (Lipinski definition) is 0. The van der Waals surface area contributed by atoms with E-state index < -0.39 is 6.10 Å². The Morgan fingerprint density at radius 2 is 1.49 bits per heavy atom. The topological polar surface area (TPSA) is 48.0 Å². The van der Waals surface area contributed by atoms with Gasteiger partial charge >= 0.3 is 5.97 Å². The molecule has 0 saturated heterocycles. The molecule has 43 heavy (non-hydrogen) atoms. The maximum atomic E-state index is 12.2. The van der Waals surface area contributed by atoms with Crippen LogP contribution in [-0.2, 0) is 40.0 Å². The lowest BCUT2D eigenvalue weighted by Crippen LogP contribution is -2.30. The molecule has 2 unspecified atom stereocenters. The largest absolute Gasteiger partial charge is 0.492 e. The average Bonchev–Trinajstić information content (AvgIpc) is 3.19. The van der Waals surface area contributed by atoms with Gasteiger partial charge in [0.05, 0.1) is 12.6 Å². The van der Waals surface area contributed by atoms with Gasteiger partial charge in [0.2, 0.25) is 0 Å². The van der Waals surface area contributed by atoms with Gasteiger partial charge in [0.15, 0.2) is 6.10 Å². The second-order valence-corrected chi connectivity index (χ2v) is 11.2. The molecule has 0 saturated carbocycles. The Balaban J connectivity index is 1.25. The van der Waals surface area contributed by atoms with Crippen molar-refractivity contribution in [2.45, 2.75) is 51.7 Å². The summed E-state index contributed by atoms with van der Waals surface area (Å²) in [7, 11) is 2.20. The van der Waals surface area contributed by atoms with Crippen molar-refractivity contribution in [3.8, 4) is 5.75 Å². The molecule has 224 valence electrons. The molecule has 0 aliphatic heterocycles. The Labute approximate surface area is 256 Å². The van der Waals surface area contributed by atoms with Gasteiger partial charge in [0, 0.05) is 19.6 Å². The number of rotatable bonds is 13. The summed E-state index contributed by atoms with van der Waals surface area (Å²) in [6.07, 6.45) is 2.92. The van der Waals surface area contributed by atoms with Gasteiger partial charge in [-0.05, 0) is 91.2 Å². The SMILES string of the molecule is CCOC(=O)C(Cc1ccc(OCCN(C)C2c3ccccc3CCc3cc(Cc4ccccc4)ccc32)cc1)OCC. The van der Waals surface area contributed by atoms with Crippen molar-refractivity contribution in [2.24, 2.45) is 0 Å². The predicted molar refractivity (Wildman–Crippen MR) is 172 cm³/mol. The van der Waals surface area contributed by atoms with E-state index >= 15 is 0 Å². The quantitative estimate of drug-likeness (QED) is 0.160. The fraction of sp³-hybridized carbons (Fsp3) is 0.342. The van der Waals surface area contributed by atoms with Crippen molar-refractivity contribution in [2.75, 3.05) is 33.4 Å². The second kappa shape index (κ2) is 15.0. The lowest BCUT2D eigenvalue weighted by Gasteiger charge is -2.30. The first-order valence-corrected chi connectivity index (χ1v) is 15.5. The van der Waals surface area contributed by atoms with Crippen LogP contribution in [0.15, 0.2) is 97.1 Å². The average molecular weight is 578 g/mol. The molecule has 5 nitrogen and oxygen atoms in total. The van der Waals surface area contributed by atoms with Crippen LogP contribution in [0.5, 0.6) is 5.75 Å². The van der Waals surface area contributed by atoms with Gasteiger partial charge in [-0.3, -0.25) is 4.90 Å². The molecular formula is C38H43NO4. The zero-order valence-corrected chi connectivity index (χ0v) is 25.6. The summed E-state index contributed by atoms with van der Waals surface area (Å²) in [6, 6.07) is 34.7. The van der Waals surface area contributed by atoms with E-state index in [1.54, 1.807) is 6.92 Å². The summed E-state index contributed by atoms with van der Waals surface area (Å²) in [5.41, 5.74) is 9.34. The smallest absolute Gasteiger partial charge is 0.335 e. The third kappa shape index (κ3) is 7.92. The summed E-state index contributed by atoms with van der Waals surface area (Å²) in [4.78, 5) is 14.6. The third-order valence-corrected chi connectivity index (χ3v) is 8.18. The van der Waals surface area contributed by atoms with Gasteiger partial charge in [-0.1, -0.05) is 84.9 Å². The van der Waals surface area contributed by atoms with E-state index in [1.807, 2.05) is 31.2 Å². The Hall–Kier alpha value is -3.93. The van der Waals surface area contributed by atoms with Crippen LogP contribution in [0.4, 0.5) is 0 Å². The first-order chi connectivity index (χ1) is 21.1. The van der Waals surface area contributed by atoms with Gasteiger partial charge in [-0.2, -0.15) is 0 Å². The molecule has 0 bridgehead atoms. The molecule has 5 heteroatoms. The standard InChI is InChI=1S/C38H43NO4/c1-4-41-36(38(40)42-5-2)27-29-15-20-33(21-16-29)43-24-23-39(3)37-34-14-10-9-13-31(34)18-19-32-26-30(17-22-35(32)37)25-28-11-7-6-8-12-28/h6-17,20-22,26,36-37H,4-5,18-19,23-25,27H2,1-3H3. The summed E-state index contributed by atoms with van der Waals surface area (Å²) in [6.45, 7) is 5.85. The van der Waals surface area contributed by atoms with Crippen LogP contribution in [0.3, 0.4) is 0 Å². The molecule has 0 radical (unpaired) electrons. The molecule has 0 amide bonds. The highest BCUT2D eigenvalue weighted by Crippen LogP contribution is 2.36. The number of likely N-dealkylation sites (N-methyl/N-ethyl adjacent to an activating group) is 1. The van der Waals surface area contributed by atoms with Gasteiger partial charge in [0.25, 0.3) is 0 Å². The van der Waals surface area contributed by atoms with Crippen LogP contribution in [0, 0.1) is 0 Å². The summed E-state index contributed by atoms with van der Waals surface area (Å²) >= 11 is 0. The molecule has 0 spiro atoms. The number of fused-ring (bicyclic) bond motifs is 2. The molecule has 0 N–H and O–H groups in total. The molecule has 1 aliphatic rings. The van der Waals surface area contributed by atoms with Crippen molar-refractivity contribution >= 4 is 5.97 Å². The molecule has 0 fully saturated rings. The number of benzene rings is 4. The number of carbonyl (C=O) groups is 1. The summed E-state index contributed by atoms with van der Waals surface area (Å²) < 4.78 is 17.0. The normalized spacial score (nSPS) is 14.8. The highest BCUT2D eigenvalue weighted by Gasteiger charge is 2.27. The number of esters is 1. The Morgan fingerprint density at radius 1 is 0.791 bits per heavy atom. The van der Waals surface area contributed by atoms with Gasteiger partial charge in [-0.15, -0.1) is 0 Å². The highest BCUT2D eigenvalue weighted by atomic mass is 16.6. The highest BCUT2D eigenvalue weighted by molar-refractivity contribution is 5.75. The van der Waals surface area contributed by atoms with Gasteiger partial charge in [0.1, 0.15) is 12.4 Å². The minimum Gasteiger partial charge on any atom is -0.492 e. The minimum absolute atomic E-state index is 0.170. The van der Waals surface area contributed by atoms with Crippen molar-refractivity contribution < 1.29 is 19.0 Å². The van der Waals surface area contributed by atoms with E-state index in [4.69, 9.17) is 14.2 Å². The lowest BCUT2D eigenvalue weighted by molar-refractivity contribution is -0.156. The number of carbonyl (C=O) groups excluding carboxylic acids is 1. The van der Waals surface area contributed by atoms with Crippen LogP contribution in [0.2, 0.25) is 0 Å². The number of hydrogen-bond acceptors (Lipinski definition) is 5. The Morgan fingerprint density at radius 3 is 2.26 bits per heavy atom. The predicted octanol–water partition coefficient (Wildman–Crippen LogP) is 6.99. The number of nitrogens with zero attached hydrogens (tertiary/aromatic N) is 1. The molecular weight excluding hydrogens is 534 g/mol. The van der Waals surface area contributed by atoms with Crippen molar-refractivity contribution in [1.82, 2.24) is 4.90 Å². The minimum atomic E-state index is -0.592. The molecule has 2 atom stereocenters. The van der Waals surface area contributed by atoms with E-state index in [0.717, 1.165) is 37.1 Å². The van der Waals surface area contributed by atoms with Crippen molar-refractivity contribution in [3.05, 3.63) is 136 Å². The van der Waals surface area contributed by atoms with Crippen LogP contribution in [0.25, 0.3) is 0 Å². The molecule has 0 aromatic heterocycles. The summed E-state index contributed by atoms with van der Waals surface area (Å²) in [5.74, 6) is 0.496. The molecule has 5 rings (SSSR count). The lowest BCUT2D eigenvalue weighted by atomic mass is 9.91. The zero-order valence-electron chi connectivity index (χ0n) is 25.6. The second-order valence-electron chi connectivity index (χ2n) is 11.2. The van der Waals surface area contributed by atoms with E-state index in [-0.39, 0.29) is 12.0 Å². The molecule has 4 aromatic rings. The van der Waals surface area contributed by atoms with Crippen molar-refractivity contribution in [3.63, 3.8) is 0 Å². The first-order valence-electron chi connectivity index (χ1n) is 15.5. The van der Waals surface area contributed by atoms with E-state index in [2.05, 4.69) is 84.7 Å². The van der Waals surface area contributed by atoms with Gasteiger partial charge < -0.3 is 14.2 Å². The Bertz CT molecular complexity index is 1470. The van der Waals surface area contributed by atoms with Crippen molar-refractivity contribution in [1.29, 1.82) is 0 Å². The molecule has 4 aromatic carbocycles. The van der Waals surface area contributed by atoms with E-state index in [0.29, 0.717) is 26.2 Å². The number of aryl methyl sites for hydroxylation is 2. The van der Waals surface area contributed by atoms with E-state index in [1.165, 1.54) is 33.4 Å². The Kier molecular flexibility index (Phi) is 10.6. The van der Waals surface area contributed by atoms with Crippen LogP contribution < -0.4 is 4.74 Å².